The normalized spacial score (nSPS) is 31.2. The van der Waals surface area contributed by atoms with E-state index in [9.17, 15) is 5.11 Å². The van der Waals surface area contributed by atoms with Gasteiger partial charge >= 0.3 is 0 Å². The molecule has 1 aliphatic rings. The van der Waals surface area contributed by atoms with Crippen molar-refractivity contribution in [1.29, 1.82) is 0 Å². The number of piperidine rings is 1. The molecule has 1 N–H and O–H groups in total. The molecule has 1 heterocycles. The lowest BCUT2D eigenvalue weighted by molar-refractivity contribution is 0.0792. The van der Waals surface area contributed by atoms with Crippen LogP contribution >= 0.6 is 0 Å². The van der Waals surface area contributed by atoms with Crippen molar-refractivity contribution in [2.45, 2.75) is 25.5 Å². The maximum absolute atomic E-state index is 9.56. The van der Waals surface area contributed by atoms with Gasteiger partial charge in [-0.15, -0.1) is 0 Å². The van der Waals surface area contributed by atoms with Crippen molar-refractivity contribution in [3.05, 3.63) is 35.9 Å². The molecule has 2 nitrogen and oxygen atoms in total. The molecule has 0 amide bonds. The van der Waals surface area contributed by atoms with E-state index < -0.39 is 19.1 Å². The first-order valence-corrected chi connectivity index (χ1v) is 4.81. The fourth-order valence-electron chi connectivity index (χ4n) is 1.44. The van der Waals surface area contributed by atoms with E-state index in [4.69, 9.17) is 5.48 Å². The van der Waals surface area contributed by atoms with Crippen LogP contribution in [0.1, 0.15) is 23.9 Å². The maximum atomic E-state index is 9.56. The van der Waals surface area contributed by atoms with E-state index in [1.807, 2.05) is 30.3 Å². The van der Waals surface area contributed by atoms with Gasteiger partial charge in [-0.2, -0.15) is 0 Å². The van der Waals surface area contributed by atoms with Gasteiger partial charge in [0.1, 0.15) is 0 Å². The third kappa shape index (κ3) is 2.56. The standard InChI is InChI=1S/C12H17NO/c14-12-6-8-13(9-7-12)10-11-4-2-1-3-5-11/h1-5,12,14H,6-10H2/i8+1D2,9+1D2. The van der Waals surface area contributed by atoms with Gasteiger partial charge < -0.3 is 5.11 Å². The number of nitrogens with zero attached hydrogens (tertiary/aromatic N) is 1. The maximum Gasteiger partial charge on any atom is 0.0564 e. The smallest absolute Gasteiger partial charge is 0.0564 e. The van der Waals surface area contributed by atoms with E-state index in [1.165, 1.54) is 4.90 Å². The molecule has 0 aliphatic carbocycles. The van der Waals surface area contributed by atoms with E-state index in [1.54, 1.807) is 0 Å². The zero-order chi connectivity index (χ0) is 13.4. The highest BCUT2D eigenvalue weighted by Gasteiger charge is 2.16. The molecule has 2 rings (SSSR count). The van der Waals surface area contributed by atoms with Crippen molar-refractivity contribution in [1.82, 2.24) is 4.90 Å². The summed E-state index contributed by atoms with van der Waals surface area (Å²) in [5.41, 5.74) is 0.863. The SMILES string of the molecule is [2H][13C]1([2H])CC(O)C[13C]([2H])([2H])N1Cc1ccccc1. The van der Waals surface area contributed by atoms with Gasteiger partial charge in [-0.05, 0) is 18.4 Å². The van der Waals surface area contributed by atoms with Crippen LogP contribution in [0.15, 0.2) is 30.3 Å². The van der Waals surface area contributed by atoms with Crippen LogP contribution < -0.4 is 0 Å². The zero-order valence-electron chi connectivity index (χ0n) is 12.0. The van der Waals surface area contributed by atoms with Gasteiger partial charge in [0.25, 0.3) is 0 Å². The first kappa shape index (κ1) is 5.89. The Balaban J connectivity index is 2.23. The molecule has 0 aromatic heterocycles. The number of benzene rings is 1. The number of rotatable bonds is 2. The molecule has 76 valence electrons. The Kier molecular flexibility index (Phi) is 1.92. The van der Waals surface area contributed by atoms with Crippen LogP contribution in [0.4, 0.5) is 0 Å². The van der Waals surface area contributed by atoms with Crippen LogP contribution in [0, 0.1) is 0 Å². The summed E-state index contributed by atoms with van der Waals surface area (Å²) in [7, 11) is 0. The Hall–Kier alpha value is -0.860. The molecule has 0 unspecified atom stereocenters. The van der Waals surface area contributed by atoms with Crippen LogP contribution in [0.25, 0.3) is 0 Å². The minimum atomic E-state index is -1.84. The van der Waals surface area contributed by atoms with Gasteiger partial charge in [0.15, 0.2) is 0 Å². The Morgan fingerprint density at radius 1 is 1.29 bits per heavy atom. The molecular weight excluding hydrogens is 176 g/mol. The summed E-state index contributed by atoms with van der Waals surface area (Å²) >= 11 is 0. The number of aliphatic hydroxyl groups is 1. The lowest BCUT2D eigenvalue weighted by Gasteiger charge is -2.29. The topological polar surface area (TPSA) is 23.5 Å². The van der Waals surface area contributed by atoms with E-state index in [0.29, 0.717) is 0 Å². The predicted molar refractivity (Wildman–Crippen MR) is 57.0 cm³/mol. The van der Waals surface area contributed by atoms with Crippen LogP contribution in [0.2, 0.25) is 0 Å². The van der Waals surface area contributed by atoms with Crippen molar-refractivity contribution in [3.8, 4) is 0 Å². The zero-order valence-corrected chi connectivity index (χ0v) is 7.98. The Morgan fingerprint density at radius 3 is 2.57 bits per heavy atom. The van der Waals surface area contributed by atoms with E-state index in [2.05, 4.69) is 0 Å². The fraction of sp³-hybridized carbons (Fsp3) is 0.500. The quantitative estimate of drug-likeness (QED) is 0.729. The number of aliphatic hydroxyl groups excluding tert-OH is 1. The van der Waals surface area contributed by atoms with Crippen molar-refractivity contribution in [2.75, 3.05) is 13.0 Å². The third-order valence-electron chi connectivity index (χ3n) is 2.22. The summed E-state index contributed by atoms with van der Waals surface area (Å²) in [4.78, 5) is 1.20. The van der Waals surface area contributed by atoms with Gasteiger partial charge in [-0.25, -0.2) is 0 Å². The summed E-state index contributed by atoms with van der Waals surface area (Å²) < 4.78 is 31.6. The summed E-state index contributed by atoms with van der Waals surface area (Å²) in [6, 6.07) is 9.25. The summed E-state index contributed by atoms with van der Waals surface area (Å²) in [6.07, 6.45) is -1.04. The van der Waals surface area contributed by atoms with Crippen molar-refractivity contribution in [2.24, 2.45) is 0 Å². The van der Waals surface area contributed by atoms with E-state index >= 15 is 0 Å². The first-order chi connectivity index (χ1) is 8.31. The van der Waals surface area contributed by atoms with Gasteiger partial charge in [-0.3, -0.25) is 4.90 Å². The van der Waals surface area contributed by atoms with E-state index in [0.717, 1.165) is 5.56 Å². The van der Waals surface area contributed by atoms with Crippen molar-refractivity contribution >= 4 is 0 Å². The molecule has 0 spiro atoms. The Bertz CT molecular complexity index is 392. The monoisotopic (exact) mass is 197 g/mol. The molecule has 0 atom stereocenters. The van der Waals surface area contributed by atoms with Gasteiger partial charge in [0.05, 0.1) is 6.10 Å². The van der Waals surface area contributed by atoms with Crippen LogP contribution in [0.5, 0.6) is 0 Å². The summed E-state index contributed by atoms with van der Waals surface area (Å²) in [5.74, 6) is 0. The Morgan fingerprint density at radius 2 is 1.93 bits per heavy atom. The highest BCUT2D eigenvalue weighted by Crippen LogP contribution is 2.13. The molecule has 1 saturated heterocycles. The molecular formula is C12H17NO. The summed E-state index contributed by atoms with van der Waals surface area (Å²) in [6.45, 7) is -3.47. The predicted octanol–water partition coefficient (Wildman–Crippen LogP) is 1.64. The van der Waals surface area contributed by atoms with Crippen molar-refractivity contribution in [3.63, 3.8) is 0 Å². The molecule has 14 heavy (non-hydrogen) atoms. The van der Waals surface area contributed by atoms with Gasteiger partial charge in [-0.1, -0.05) is 30.3 Å². The van der Waals surface area contributed by atoms with Gasteiger partial charge in [0.2, 0.25) is 0 Å². The summed E-state index contributed by atoms with van der Waals surface area (Å²) in [5, 5.41) is 9.56. The first-order valence-electron chi connectivity index (χ1n) is 6.81. The molecule has 0 radical (unpaired) electrons. The molecule has 0 bridgehead atoms. The van der Waals surface area contributed by atoms with Crippen LogP contribution in [0.3, 0.4) is 0 Å². The van der Waals surface area contributed by atoms with E-state index in [-0.39, 0.29) is 19.4 Å². The average Bonchev–Trinajstić information content (AvgIpc) is 2.23. The molecule has 1 aromatic rings. The largest absolute Gasteiger partial charge is 0.393 e. The number of hydrogen-bond acceptors (Lipinski definition) is 2. The number of hydrogen-bond donors (Lipinski definition) is 1. The molecule has 1 aliphatic heterocycles. The second-order valence-corrected chi connectivity index (χ2v) is 3.45. The third-order valence-corrected chi connectivity index (χ3v) is 2.22. The highest BCUT2D eigenvalue weighted by molar-refractivity contribution is 5.14. The second-order valence-electron chi connectivity index (χ2n) is 3.45. The molecule has 2 heteroatoms. The lowest BCUT2D eigenvalue weighted by atomic mass is 10.2. The second kappa shape index (κ2) is 4.58. The minimum Gasteiger partial charge on any atom is -0.393 e. The Labute approximate surface area is 90.8 Å². The average molecular weight is 197 g/mol. The highest BCUT2D eigenvalue weighted by atomic mass is 16.3. The minimum absolute atomic E-state index is 0.0562. The molecule has 1 aromatic carbocycles. The van der Waals surface area contributed by atoms with Gasteiger partial charge in [0, 0.05) is 25.0 Å². The van der Waals surface area contributed by atoms with Crippen LogP contribution in [-0.4, -0.2) is 29.1 Å². The molecule has 0 saturated carbocycles. The molecule has 1 fully saturated rings. The van der Waals surface area contributed by atoms with Crippen LogP contribution in [-0.2, 0) is 6.54 Å². The fourth-order valence-corrected chi connectivity index (χ4v) is 1.44. The number of likely N-dealkylation sites (tertiary alicyclic amines) is 1. The van der Waals surface area contributed by atoms with Crippen molar-refractivity contribution < 1.29 is 10.6 Å². The lowest BCUT2D eigenvalue weighted by Crippen LogP contribution is -2.35.